The van der Waals surface area contributed by atoms with E-state index in [-0.39, 0.29) is 11.5 Å². The molecule has 3 rings (SSSR count). The van der Waals surface area contributed by atoms with Gasteiger partial charge in [-0.3, -0.25) is 14.2 Å². The van der Waals surface area contributed by atoms with Crippen molar-refractivity contribution in [2.75, 3.05) is 18.5 Å². The van der Waals surface area contributed by atoms with Crippen LogP contribution < -0.4 is 10.9 Å². The molecule has 1 aromatic heterocycles. The number of aromatic nitrogens is 2. The quantitative estimate of drug-likeness (QED) is 0.267. The molecule has 1 heterocycles. The predicted molar refractivity (Wildman–Crippen MR) is 125 cm³/mol. The topological polar surface area (TPSA) is 73.2 Å². The summed E-state index contributed by atoms with van der Waals surface area (Å²) in [5, 5.41) is 3.58. The molecule has 158 valence electrons. The van der Waals surface area contributed by atoms with Crippen molar-refractivity contribution in [1.29, 1.82) is 0 Å². The van der Waals surface area contributed by atoms with Gasteiger partial charge in [-0.25, -0.2) is 4.98 Å². The van der Waals surface area contributed by atoms with Crippen LogP contribution >= 0.6 is 27.7 Å². The minimum Gasteiger partial charge on any atom is -0.382 e. The predicted octanol–water partition coefficient (Wildman–Crippen LogP) is 4.70. The van der Waals surface area contributed by atoms with E-state index >= 15 is 0 Å². The Hall–Kier alpha value is -2.16. The summed E-state index contributed by atoms with van der Waals surface area (Å²) in [6, 6.07) is 14.7. The number of thioether (sulfide) groups is 1. The maximum Gasteiger partial charge on any atom is 0.262 e. The molecule has 8 heteroatoms. The summed E-state index contributed by atoms with van der Waals surface area (Å²) >= 11 is 4.69. The molecule has 6 nitrogen and oxygen atoms in total. The lowest BCUT2D eigenvalue weighted by Gasteiger charge is -2.16. The minimum absolute atomic E-state index is 0.0980. The summed E-state index contributed by atoms with van der Waals surface area (Å²) in [5.41, 5.74) is 1.24. The van der Waals surface area contributed by atoms with E-state index in [1.807, 2.05) is 56.3 Å². The van der Waals surface area contributed by atoms with Crippen LogP contribution in [0.5, 0.6) is 0 Å². The Morgan fingerprint density at radius 2 is 2.07 bits per heavy atom. The number of fused-ring (bicyclic) bond motifs is 1. The highest BCUT2D eigenvalue weighted by Gasteiger charge is 2.19. The van der Waals surface area contributed by atoms with E-state index in [1.54, 1.807) is 10.6 Å². The van der Waals surface area contributed by atoms with E-state index in [2.05, 4.69) is 26.2 Å². The number of para-hydroxylation sites is 1. The Balaban J connectivity index is 1.83. The van der Waals surface area contributed by atoms with Gasteiger partial charge in [-0.05, 0) is 50.6 Å². The molecular weight excluding hydrogens is 466 g/mol. The second kappa shape index (κ2) is 10.7. The lowest BCUT2D eigenvalue weighted by molar-refractivity contribution is -0.115. The molecular formula is C22H24BrN3O3S. The van der Waals surface area contributed by atoms with Crippen LogP contribution in [0.2, 0.25) is 0 Å². The molecule has 0 saturated heterocycles. The van der Waals surface area contributed by atoms with Crippen LogP contribution in [0.15, 0.2) is 63.0 Å². The molecule has 3 aromatic rings. The number of nitrogens with one attached hydrogen (secondary N) is 1. The zero-order chi connectivity index (χ0) is 21.5. The van der Waals surface area contributed by atoms with Crippen molar-refractivity contribution in [2.45, 2.75) is 37.2 Å². The van der Waals surface area contributed by atoms with Crippen LogP contribution in [0, 0.1) is 0 Å². The Labute approximate surface area is 188 Å². The van der Waals surface area contributed by atoms with E-state index in [9.17, 15) is 9.59 Å². The van der Waals surface area contributed by atoms with Gasteiger partial charge in [0, 0.05) is 29.9 Å². The van der Waals surface area contributed by atoms with Crippen LogP contribution in [-0.2, 0) is 16.1 Å². The van der Waals surface area contributed by atoms with Crippen LogP contribution in [0.25, 0.3) is 10.9 Å². The van der Waals surface area contributed by atoms with E-state index in [1.165, 1.54) is 11.8 Å². The minimum atomic E-state index is -0.435. The maximum atomic E-state index is 13.1. The van der Waals surface area contributed by atoms with Gasteiger partial charge in [0.15, 0.2) is 5.16 Å². The number of carbonyl (C=O) groups is 1. The molecule has 0 radical (unpaired) electrons. The number of hydrogen-bond acceptors (Lipinski definition) is 5. The van der Waals surface area contributed by atoms with Gasteiger partial charge < -0.3 is 10.1 Å². The molecule has 1 atom stereocenters. The molecule has 30 heavy (non-hydrogen) atoms. The second-order valence-corrected chi connectivity index (χ2v) is 8.90. The zero-order valence-corrected chi connectivity index (χ0v) is 19.3. The molecule has 1 amide bonds. The smallest absolute Gasteiger partial charge is 0.262 e. The first kappa shape index (κ1) is 22.5. The lowest BCUT2D eigenvalue weighted by atomic mass is 10.2. The van der Waals surface area contributed by atoms with Gasteiger partial charge in [0.25, 0.3) is 5.56 Å². The third kappa shape index (κ3) is 5.71. The van der Waals surface area contributed by atoms with Gasteiger partial charge in [0.1, 0.15) is 0 Å². The molecule has 0 saturated carbocycles. The number of amides is 1. The molecule has 0 aliphatic heterocycles. The molecule has 1 N–H and O–H groups in total. The highest BCUT2D eigenvalue weighted by atomic mass is 79.9. The summed E-state index contributed by atoms with van der Waals surface area (Å²) in [6.45, 7) is 5.44. The van der Waals surface area contributed by atoms with Crippen molar-refractivity contribution in [1.82, 2.24) is 9.55 Å². The fourth-order valence-corrected chi connectivity index (χ4v) is 4.26. The standard InChI is InChI=1S/C22H24BrN3O3S/c1-3-29-13-7-12-26-21(28)18-10-4-5-11-19(18)25-22(26)30-15(2)20(27)24-17-9-6-8-16(23)14-17/h4-6,8-11,14-15H,3,7,12-13H2,1-2H3,(H,24,27). The van der Waals surface area contributed by atoms with Crippen molar-refractivity contribution in [3.05, 3.63) is 63.4 Å². The van der Waals surface area contributed by atoms with Crippen molar-refractivity contribution < 1.29 is 9.53 Å². The number of carbonyl (C=O) groups excluding carboxylic acids is 1. The first-order chi connectivity index (χ1) is 14.5. The Morgan fingerprint density at radius 3 is 2.83 bits per heavy atom. The number of rotatable bonds is 9. The average Bonchev–Trinajstić information content (AvgIpc) is 2.73. The van der Waals surface area contributed by atoms with Crippen molar-refractivity contribution in [3.8, 4) is 0 Å². The van der Waals surface area contributed by atoms with E-state index < -0.39 is 5.25 Å². The summed E-state index contributed by atoms with van der Waals surface area (Å²) < 4.78 is 7.94. The molecule has 0 aliphatic rings. The first-order valence-corrected chi connectivity index (χ1v) is 11.5. The summed E-state index contributed by atoms with van der Waals surface area (Å²) in [7, 11) is 0. The summed E-state index contributed by atoms with van der Waals surface area (Å²) in [4.78, 5) is 30.4. The van der Waals surface area contributed by atoms with E-state index in [0.717, 1.165) is 4.47 Å². The number of nitrogens with zero attached hydrogens (tertiary/aromatic N) is 2. The van der Waals surface area contributed by atoms with Crippen LogP contribution in [0.1, 0.15) is 20.3 Å². The third-order valence-electron chi connectivity index (χ3n) is 4.44. The van der Waals surface area contributed by atoms with Gasteiger partial charge in [-0.1, -0.05) is 45.9 Å². The molecule has 0 bridgehead atoms. The highest BCUT2D eigenvalue weighted by molar-refractivity contribution is 9.10. The first-order valence-electron chi connectivity index (χ1n) is 9.80. The summed E-state index contributed by atoms with van der Waals surface area (Å²) in [6.07, 6.45) is 0.694. The highest BCUT2D eigenvalue weighted by Crippen LogP contribution is 2.24. The average molecular weight is 490 g/mol. The molecule has 0 aliphatic carbocycles. The van der Waals surface area contributed by atoms with Gasteiger partial charge in [-0.15, -0.1) is 0 Å². The van der Waals surface area contributed by atoms with Crippen LogP contribution in [0.3, 0.4) is 0 Å². The number of anilines is 1. The SMILES string of the molecule is CCOCCCn1c(SC(C)C(=O)Nc2cccc(Br)c2)nc2ccccc2c1=O. The molecule has 2 aromatic carbocycles. The number of ether oxygens (including phenoxy) is 1. The van der Waals surface area contributed by atoms with E-state index in [0.29, 0.717) is 47.9 Å². The Kier molecular flexibility index (Phi) is 8.07. The molecule has 1 unspecified atom stereocenters. The Bertz CT molecular complexity index is 1090. The summed E-state index contributed by atoms with van der Waals surface area (Å²) in [5.74, 6) is -0.152. The fourth-order valence-electron chi connectivity index (χ4n) is 2.93. The van der Waals surface area contributed by atoms with Gasteiger partial charge in [0.2, 0.25) is 5.91 Å². The van der Waals surface area contributed by atoms with Crippen molar-refractivity contribution in [3.63, 3.8) is 0 Å². The van der Waals surface area contributed by atoms with Crippen molar-refractivity contribution in [2.24, 2.45) is 0 Å². The zero-order valence-electron chi connectivity index (χ0n) is 16.9. The second-order valence-electron chi connectivity index (χ2n) is 6.68. The van der Waals surface area contributed by atoms with Crippen molar-refractivity contribution >= 4 is 50.2 Å². The Morgan fingerprint density at radius 1 is 1.27 bits per heavy atom. The van der Waals surface area contributed by atoms with Crippen LogP contribution in [-0.4, -0.2) is 33.9 Å². The molecule has 0 spiro atoms. The van der Waals surface area contributed by atoms with E-state index in [4.69, 9.17) is 4.74 Å². The number of halogens is 1. The van der Waals surface area contributed by atoms with Crippen LogP contribution in [0.4, 0.5) is 5.69 Å². The molecule has 0 fully saturated rings. The third-order valence-corrected chi connectivity index (χ3v) is 6.03. The normalized spacial score (nSPS) is 12.1. The monoisotopic (exact) mass is 489 g/mol. The van der Waals surface area contributed by atoms with Gasteiger partial charge >= 0.3 is 0 Å². The number of benzene rings is 2. The largest absolute Gasteiger partial charge is 0.382 e. The fraction of sp³-hybridized carbons (Fsp3) is 0.318. The maximum absolute atomic E-state index is 13.1. The lowest BCUT2D eigenvalue weighted by Crippen LogP contribution is -2.27. The van der Waals surface area contributed by atoms with Gasteiger partial charge in [-0.2, -0.15) is 0 Å². The van der Waals surface area contributed by atoms with Gasteiger partial charge in [0.05, 0.1) is 16.2 Å². The number of hydrogen-bond donors (Lipinski definition) is 1.